The van der Waals surface area contributed by atoms with Crippen LogP contribution in [0.4, 0.5) is 0 Å². The maximum absolute atomic E-state index is 11.6. The summed E-state index contributed by atoms with van der Waals surface area (Å²) >= 11 is 0. The van der Waals surface area contributed by atoms with E-state index in [9.17, 15) is 14.4 Å². The van der Waals surface area contributed by atoms with Gasteiger partial charge in [-0.15, -0.1) is 10.2 Å². The largest absolute Gasteiger partial charge is 0.497 e. The summed E-state index contributed by atoms with van der Waals surface area (Å²) in [7, 11) is 1.59. The zero-order valence-corrected chi connectivity index (χ0v) is 24.5. The summed E-state index contributed by atoms with van der Waals surface area (Å²) in [6.07, 6.45) is 7.16. The number of aromatic nitrogens is 6. The highest BCUT2D eigenvalue weighted by molar-refractivity contribution is 5.67. The Kier molecular flexibility index (Phi) is 9.45. The third-order valence-corrected chi connectivity index (χ3v) is 6.79. The molecule has 4 heterocycles. The van der Waals surface area contributed by atoms with Crippen LogP contribution in [0.3, 0.4) is 0 Å². The van der Waals surface area contributed by atoms with Crippen LogP contribution < -0.4 is 4.74 Å². The molecule has 3 aromatic rings. The van der Waals surface area contributed by atoms with Crippen LogP contribution in [-0.4, -0.2) is 86.5 Å². The highest BCUT2D eigenvalue weighted by atomic mass is 16.6. The first-order valence-electron chi connectivity index (χ1n) is 13.8. The Balaban J connectivity index is 1.39. The fourth-order valence-corrected chi connectivity index (χ4v) is 4.71. The van der Waals surface area contributed by atoms with Crippen molar-refractivity contribution in [2.45, 2.75) is 57.3 Å². The van der Waals surface area contributed by atoms with Gasteiger partial charge in [-0.05, 0) is 36.4 Å². The van der Waals surface area contributed by atoms with E-state index in [1.165, 1.54) is 20.8 Å². The summed E-state index contributed by atoms with van der Waals surface area (Å²) in [5.41, 5.74) is 1.74. The van der Waals surface area contributed by atoms with Crippen LogP contribution >= 0.6 is 0 Å². The lowest BCUT2D eigenvalue weighted by Gasteiger charge is -2.31. The molecule has 232 valence electrons. The molecule has 0 N–H and O–H groups in total. The van der Waals surface area contributed by atoms with Gasteiger partial charge >= 0.3 is 17.9 Å². The molecule has 0 radical (unpaired) electrons. The Morgan fingerprint density at radius 2 is 1.55 bits per heavy atom. The standard InChI is InChI=1S/C29H32N6O9/c1-17(36)40-15-22-9-10-25(29(43-22)24-14-34(32-31-24)20-5-7-21(39-4)8-6-20)35-13-23(30-33-35)26-11-12-27(42-19(3)38)28(44-26)16-41-18(2)37/h5-14,22,25-29H,15-16H2,1-4H3/t22-,25+,26-,27-,28+,29+/m0/s1. The molecular formula is C29H32N6O9. The molecule has 0 saturated carbocycles. The van der Waals surface area contributed by atoms with Crippen molar-refractivity contribution >= 4 is 17.9 Å². The van der Waals surface area contributed by atoms with E-state index in [1.807, 2.05) is 30.3 Å². The Labute approximate surface area is 252 Å². The number of esters is 3. The number of carbonyl (C=O) groups is 3. The van der Waals surface area contributed by atoms with Crippen LogP contribution in [0.1, 0.15) is 50.4 Å². The number of methoxy groups -OCH3 is 1. The molecule has 0 spiro atoms. The molecule has 5 rings (SSSR count). The summed E-state index contributed by atoms with van der Waals surface area (Å²) in [5, 5.41) is 17.3. The normalized spacial score (nSPS) is 24.5. The van der Waals surface area contributed by atoms with Crippen LogP contribution in [0.2, 0.25) is 0 Å². The van der Waals surface area contributed by atoms with Crippen LogP contribution in [0.15, 0.2) is 61.0 Å². The number of carbonyl (C=O) groups excluding carboxylic acids is 3. The minimum Gasteiger partial charge on any atom is -0.497 e. The van der Waals surface area contributed by atoms with Crippen molar-refractivity contribution in [3.05, 3.63) is 72.4 Å². The average molecular weight is 609 g/mol. The Hall–Kier alpha value is -4.89. The molecule has 44 heavy (non-hydrogen) atoms. The third kappa shape index (κ3) is 7.36. The average Bonchev–Trinajstić information content (AvgIpc) is 3.70. The number of hydrogen-bond donors (Lipinski definition) is 0. The zero-order chi connectivity index (χ0) is 31.2. The summed E-state index contributed by atoms with van der Waals surface area (Å²) in [6.45, 7) is 3.81. The lowest BCUT2D eigenvalue weighted by molar-refractivity contribution is -0.163. The number of ether oxygens (including phenoxy) is 6. The van der Waals surface area contributed by atoms with E-state index in [1.54, 1.807) is 47.1 Å². The SMILES string of the molecule is COc1ccc(-n2cc([C@H]3O[C@H](COC(C)=O)C=C[C@H]3n3cc([C@@H]4C=C[C@H](OC(C)=O)[C@@H](COC(C)=O)O4)nn3)nn2)cc1. The lowest BCUT2D eigenvalue weighted by atomic mass is 10.0. The van der Waals surface area contributed by atoms with E-state index in [-0.39, 0.29) is 13.2 Å². The Morgan fingerprint density at radius 3 is 2.25 bits per heavy atom. The van der Waals surface area contributed by atoms with Crippen molar-refractivity contribution in [1.29, 1.82) is 0 Å². The van der Waals surface area contributed by atoms with Crippen LogP contribution in [0.5, 0.6) is 5.75 Å². The maximum atomic E-state index is 11.6. The monoisotopic (exact) mass is 608 g/mol. The van der Waals surface area contributed by atoms with Gasteiger partial charge < -0.3 is 28.4 Å². The lowest BCUT2D eigenvalue weighted by Crippen LogP contribution is -2.39. The molecule has 0 amide bonds. The van der Waals surface area contributed by atoms with Gasteiger partial charge in [0.05, 0.1) is 25.2 Å². The van der Waals surface area contributed by atoms with E-state index < -0.39 is 54.5 Å². The second kappa shape index (κ2) is 13.6. The number of benzene rings is 1. The molecule has 2 aliphatic rings. The second-order valence-electron chi connectivity index (χ2n) is 10.0. The second-order valence-corrected chi connectivity index (χ2v) is 10.0. The molecule has 0 unspecified atom stereocenters. The predicted molar refractivity (Wildman–Crippen MR) is 149 cm³/mol. The molecule has 1 aromatic carbocycles. The van der Waals surface area contributed by atoms with Gasteiger partial charge in [0.15, 0.2) is 0 Å². The Morgan fingerprint density at radius 1 is 0.818 bits per heavy atom. The number of rotatable bonds is 10. The minimum atomic E-state index is -0.747. The number of nitrogens with zero attached hydrogens (tertiary/aromatic N) is 6. The van der Waals surface area contributed by atoms with E-state index >= 15 is 0 Å². The molecule has 6 atom stereocenters. The molecule has 15 heteroatoms. The van der Waals surface area contributed by atoms with Crippen molar-refractivity contribution in [2.24, 2.45) is 0 Å². The van der Waals surface area contributed by atoms with Crippen molar-refractivity contribution in [3.8, 4) is 11.4 Å². The van der Waals surface area contributed by atoms with Gasteiger partial charge in [0, 0.05) is 20.8 Å². The fourth-order valence-electron chi connectivity index (χ4n) is 4.71. The molecule has 0 saturated heterocycles. The summed E-state index contributed by atoms with van der Waals surface area (Å²) in [5.74, 6) is -0.693. The Bertz CT molecular complexity index is 1530. The van der Waals surface area contributed by atoms with E-state index in [0.717, 1.165) is 5.69 Å². The predicted octanol–water partition coefficient (Wildman–Crippen LogP) is 2.16. The summed E-state index contributed by atoms with van der Waals surface area (Å²) < 4.78 is 36.5. The van der Waals surface area contributed by atoms with Gasteiger partial charge in [-0.2, -0.15) is 0 Å². The van der Waals surface area contributed by atoms with E-state index in [4.69, 9.17) is 28.4 Å². The third-order valence-electron chi connectivity index (χ3n) is 6.79. The quantitative estimate of drug-likeness (QED) is 0.187. The molecule has 0 bridgehead atoms. The van der Waals surface area contributed by atoms with Gasteiger partial charge in [0.25, 0.3) is 0 Å². The highest BCUT2D eigenvalue weighted by Crippen LogP contribution is 2.36. The molecule has 15 nitrogen and oxygen atoms in total. The minimum absolute atomic E-state index is 0.0260. The van der Waals surface area contributed by atoms with Crippen molar-refractivity contribution < 1.29 is 42.8 Å². The van der Waals surface area contributed by atoms with E-state index in [2.05, 4.69) is 20.6 Å². The van der Waals surface area contributed by atoms with Crippen LogP contribution in [-0.2, 0) is 38.1 Å². The molecule has 2 aliphatic heterocycles. The summed E-state index contributed by atoms with van der Waals surface area (Å²) in [6, 6.07) is 6.84. The highest BCUT2D eigenvalue weighted by Gasteiger charge is 2.36. The van der Waals surface area contributed by atoms with Gasteiger partial charge in [-0.1, -0.05) is 22.6 Å². The van der Waals surface area contributed by atoms with Crippen molar-refractivity contribution in [2.75, 3.05) is 20.3 Å². The van der Waals surface area contributed by atoms with Gasteiger partial charge in [-0.3, -0.25) is 14.4 Å². The fraction of sp³-hybridized carbons (Fsp3) is 0.414. The van der Waals surface area contributed by atoms with Gasteiger partial charge in [0.1, 0.15) is 66.9 Å². The summed E-state index contributed by atoms with van der Waals surface area (Å²) in [4.78, 5) is 34.4. The van der Waals surface area contributed by atoms with Crippen molar-refractivity contribution in [3.63, 3.8) is 0 Å². The first-order chi connectivity index (χ1) is 21.2. The first kappa shape index (κ1) is 30.6. The van der Waals surface area contributed by atoms with Crippen LogP contribution in [0, 0.1) is 0 Å². The van der Waals surface area contributed by atoms with Crippen LogP contribution in [0.25, 0.3) is 5.69 Å². The number of hydrogen-bond acceptors (Lipinski definition) is 13. The molecular weight excluding hydrogens is 576 g/mol. The van der Waals surface area contributed by atoms with E-state index in [0.29, 0.717) is 17.1 Å². The molecule has 2 aromatic heterocycles. The van der Waals surface area contributed by atoms with Gasteiger partial charge in [-0.25, -0.2) is 9.36 Å². The van der Waals surface area contributed by atoms with Gasteiger partial charge in [0.2, 0.25) is 0 Å². The topological polar surface area (TPSA) is 168 Å². The zero-order valence-electron chi connectivity index (χ0n) is 24.5. The molecule has 0 aliphatic carbocycles. The van der Waals surface area contributed by atoms with Crippen molar-refractivity contribution in [1.82, 2.24) is 30.0 Å². The maximum Gasteiger partial charge on any atom is 0.303 e. The molecule has 0 fully saturated rings. The smallest absolute Gasteiger partial charge is 0.303 e. The first-order valence-corrected chi connectivity index (χ1v) is 13.8.